The molecule has 4 heteroatoms. The van der Waals surface area contributed by atoms with Crippen molar-refractivity contribution in [1.29, 1.82) is 0 Å². The summed E-state index contributed by atoms with van der Waals surface area (Å²) in [4.78, 5) is 11.4. The standard InChI is InChI=1S/C8H7BrO2S/c1-5(8(10)11)4-6-2-3-7(9)12-6/h2-4H,1H3,(H,10,11). The minimum atomic E-state index is -0.875. The van der Waals surface area contributed by atoms with Gasteiger partial charge < -0.3 is 5.11 Å². The van der Waals surface area contributed by atoms with Gasteiger partial charge in [-0.1, -0.05) is 0 Å². The third kappa shape index (κ3) is 2.46. The molecular formula is C8H7BrO2S. The molecular weight excluding hydrogens is 240 g/mol. The molecule has 12 heavy (non-hydrogen) atoms. The summed E-state index contributed by atoms with van der Waals surface area (Å²) in [5.74, 6) is -0.875. The minimum Gasteiger partial charge on any atom is -0.478 e. The molecule has 0 bridgehead atoms. The molecule has 2 nitrogen and oxygen atoms in total. The molecule has 0 aromatic carbocycles. The first-order chi connectivity index (χ1) is 5.59. The van der Waals surface area contributed by atoms with Crippen molar-refractivity contribution < 1.29 is 9.90 Å². The summed E-state index contributed by atoms with van der Waals surface area (Å²) < 4.78 is 1.01. The fourth-order valence-corrected chi connectivity index (χ4v) is 2.11. The van der Waals surface area contributed by atoms with Gasteiger partial charge in [0.1, 0.15) is 0 Å². The van der Waals surface area contributed by atoms with Crippen molar-refractivity contribution in [3.05, 3.63) is 26.4 Å². The van der Waals surface area contributed by atoms with Crippen molar-refractivity contribution in [2.24, 2.45) is 0 Å². The van der Waals surface area contributed by atoms with Gasteiger partial charge in [0.2, 0.25) is 0 Å². The summed E-state index contributed by atoms with van der Waals surface area (Å²) in [5.41, 5.74) is 0.351. The molecule has 0 amide bonds. The van der Waals surface area contributed by atoms with Crippen LogP contribution in [-0.2, 0) is 4.79 Å². The van der Waals surface area contributed by atoms with Crippen LogP contribution in [-0.4, -0.2) is 11.1 Å². The van der Waals surface area contributed by atoms with Crippen molar-refractivity contribution in [3.8, 4) is 0 Å². The van der Waals surface area contributed by atoms with Crippen LogP contribution in [0.2, 0.25) is 0 Å². The van der Waals surface area contributed by atoms with E-state index in [4.69, 9.17) is 5.11 Å². The highest BCUT2D eigenvalue weighted by Crippen LogP contribution is 2.23. The van der Waals surface area contributed by atoms with Crippen molar-refractivity contribution in [2.45, 2.75) is 6.92 Å². The van der Waals surface area contributed by atoms with Crippen LogP contribution in [0, 0.1) is 0 Å². The number of hydrogen-bond donors (Lipinski definition) is 1. The summed E-state index contributed by atoms with van der Waals surface area (Å²) >= 11 is 4.81. The van der Waals surface area contributed by atoms with Gasteiger partial charge in [0.15, 0.2) is 0 Å². The Morgan fingerprint density at radius 3 is 2.75 bits per heavy atom. The fraction of sp³-hybridized carbons (Fsp3) is 0.125. The Hall–Kier alpha value is -0.610. The number of thiophene rings is 1. The van der Waals surface area contributed by atoms with E-state index in [1.807, 2.05) is 12.1 Å². The van der Waals surface area contributed by atoms with Gasteiger partial charge in [0.25, 0.3) is 0 Å². The number of carbonyl (C=O) groups is 1. The second kappa shape index (κ2) is 3.87. The molecule has 1 heterocycles. The number of carboxylic acid groups (broad SMARTS) is 1. The van der Waals surface area contributed by atoms with Crippen LogP contribution in [0.25, 0.3) is 6.08 Å². The molecule has 1 aromatic rings. The van der Waals surface area contributed by atoms with Crippen LogP contribution >= 0.6 is 27.3 Å². The summed E-state index contributed by atoms with van der Waals surface area (Å²) in [6, 6.07) is 3.77. The highest BCUT2D eigenvalue weighted by Gasteiger charge is 2.00. The lowest BCUT2D eigenvalue weighted by Gasteiger charge is -1.89. The van der Waals surface area contributed by atoms with E-state index in [2.05, 4.69) is 15.9 Å². The van der Waals surface area contributed by atoms with Gasteiger partial charge in [-0.15, -0.1) is 11.3 Å². The van der Waals surface area contributed by atoms with Crippen molar-refractivity contribution >= 4 is 39.3 Å². The monoisotopic (exact) mass is 246 g/mol. The molecule has 0 radical (unpaired) electrons. The maximum absolute atomic E-state index is 10.4. The highest BCUT2D eigenvalue weighted by atomic mass is 79.9. The maximum atomic E-state index is 10.4. The van der Waals surface area contributed by atoms with E-state index in [9.17, 15) is 4.79 Å². The maximum Gasteiger partial charge on any atom is 0.331 e. The average molecular weight is 247 g/mol. The van der Waals surface area contributed by atoms with Crippen molar-refractivity contribution in [3.63, 3.8) is 0 Å². The molecule has 0 aliphatic rings. The lowest BCUT2D eigenvalue weighted by molar-refractivity contribution is -0.132. The van der Waals surface area contributed by atoms with E-state index in [0.717, 1.165) is 8.66 Å². The second-order valence-electron chi connectivity index (χ2n) is 2.27. The largest absolute Gasteiger partial charge is 0.478 e. The predicted molar refractivity (Wildman–Crippen MR) is 53.3 cm³/mol. The van der Waals surface area contributed by atoms with E-state index in [1.54, 1.807) is 13.0 Å². The first-order valence-corrected chi connectivity index (χ1v) is 4.87. The van der Waals surface area contributed by atoms with Gasteiger partial charge in [0.05, 0.1) is 3.79 Å². The quantitative estimate of drug-likeness (QED) is 0.815. The van der Waals surface area contributed by atoms with Crippen molar-refractivity contribution in [2.75, 3.05) is 0 Å². The Bertz CT molecular complexity index is 328. The number of carboxylic acids is 1. The Morgan fingerprint density at radius 2 is 2.33 bits per heavy atom. The van der Waals surface area contributed by atoms with Gasteiger partial charge >= 0.3 is 5.97 Å². The first kappa shape index (κ1) is 9.48. The Balaban J connectivity index is 2.87. The molecule has 0 aliphatic carbocycles. The van der Waals surface area contributed by atoms with Crippen LogP contribution in [0.5, 0.6) is 0 Å². The van der Waals surface area contributed by atoms with Crippen molar-refractivity contribution in [1.82, 2.24) is 0 Å². The SMILES string of the molecule is CC(=Cc1ccc(Br)s1)C(=O)O. The zero-order chi connectivity index (χ0) is 9.14. The second-order valence-corrected chi connectivity index (χ2v) is 4.77. The highest BCUT2D eigenvalue weighted by molar-refractivity contribution is 9.11. The molecule has 1 aromatic heterocycles. The van der Waals surface area contributed by atoms with E-state index in [-0.39, 0.29) is 0 Å². The lowest BCUT2D eigenvalue weighted by atomic mass is 10.2. The van der Waals surface area contributed by atoms with Gasteiger partial charge in [0, 0.05) is 10.5 Å². The predicted octanol–water partition coefficient (Wildman–Crippen LogP) is 3.00. The van der Waals surface area contributed by atoms with Crippen LogP contribution in [0.15, 0.2) is 21.5 Å². The van der Waals surface area contributed by atoms with Crippen LogP contribution in [0.1, 0.15) is 11.8 Å². The summed E-state index contributed by atoms with van der Waals surface area (Å²) in [5, 5.41) is 8.57. The summed E-state index contributed by atoms with van der Waals surface area (Å²) in [6.07, 6.45) is 1.65. The molecule has 1 N–H and O–H groups in total. The van der Waals surface area contributed by atoms with Crippen LogP contribution < -0.4 is 0 Å². The smallest absolute Gasteiger partial charge is 0.331 e. The van der Waals surface area contributed by atoms with Gasteiger partial charge in [-0.05, 0) is 41.1 Å². The Kier molecular flexibility index (Phi) is 3.05. The molecule has 64 valence electrons. The van der Waals surface area contributed by atoms with E-state index < -0.39 is 5.97 Å². The molecule has 0 aliphatic heterocycles. The third-order valence-electron chi connectivity index (χ3n) is 1.29. The van der Waals surface area contributed by atoms with Crippen LogP contribution in [0.4, 0.5) is 0 Å². The van der Waals surface area contributed by atoms with Gasteiger partial charge in [-0.25, -0.2) is 4.79 Å². The molecule has 0 saturated heterocycles. The molecule has 0 saturated carbocycles. The van der Waals surface area contributed by atoms with Crippen LogP contribution in [0.3, 0.4) is 0 Å². The molecule has 0 spiro atoms. The number of rotatable bonds is 2. The zero-order valence-electron chi connectivity index (χ0n) is 6.37. The molecule has 0 unspecified atom stereocenters. The summed E-state index contributed by atoms with van der Waals surface area (Å²) in [7, 11) is 0. The van der Waals surface area contributed by atoms with E-state index >= 15 is 0 Å². The molecule has 0 atom stereocenters. The Labute approximate surface area is 82.7 Å². The summed E-state index contributed by atoms with van der Waals surface area (Å²) in [6.45, 7) is 1.58. The third-order valence-corrected chi connectivity index (χ3v) is 2.86. The van der Waals surface area contributed by atoms with E-state index in [1.165, 1.54) is 11.3 Å². The normalized spacial score (nSPS) is 11.7. The molecule has 0 fully saturated rings. The van der Waals surface area contributed by atoms with Gasteiger partial charge in [-0.3, -0.25) is 0 Å². The number of hydrogen-bond acceptors (Lipinski definition) is 2. The topological polar surface area (TPSA) is 37.3 Å². The number of halogens is 1. The Morgan fingerprint density at radius 1 is 1.67 bits per heavy atom. The lowest BCUT2D eigenvalue weighted by Crippen LogP contribution is -1.94. The van der Waals surface area contributed by atoms with E-state index in [0.29, 0.717) is 5.57 Å². The number of aliphatic carboxylic acids is 1. The molecule has 1 rings (SSSR count). The first-order valence-electron chi connectivity index (χ1n) is 3.26. The average Bonchev–Trinajstić information content (AvgIpc) is 2.35. The fourth-order valence-electron chi connectivity index (χ4n) is 0.681. The van der Waals surface area contributed by atoms with Gasteiger partial charge in [-0.2, -0.15) is 0 Å². The minimum absolute atomic E-state index is 0.351. The zero-order valence-corrected chi connectivity index (χ0v) is 8.78.